The van der Waals surface area contributed by atoms with E-state index in [1.807, 2.05) is 0 Å². The van der Waals surface area contributed by atoms with Crippen LogP contribution in [0.3, 0.4) is 0 Å². The minimum Gasteiger partial charge on any atom is -0.493 e. The highest BCUT2D eigenvalue weighted by Gasteiger charge is 2.42. The molecule has 0 bridgehead atoms. The van der Waals surface area contributed by atoms with Gasteiger partial charge in [0.2, 0.25) is 5.91 Å². The lowest BCUT2D eigenvalue weighted by molar-refractivity contribution is -0.146. The summed E-state index contributed by atoms with van der Waals surface area (Å²) in [5.74, 6) is 1.41. The fourth-order valence-electron chi connectivity index (χ4n) is 5.98. The number of hydrogen-bond donors (Lipinski definition) is 0. The van der Waals surface area contributed by atoms with Crippen molar-refractivity contribution < 1.29 is 14.3 Å². The molecule has 0 aromatic heterocycles. The average molecular weight is 457 g/mol. The van der Waals surface area contributed by atoms with Crippen LogP contribution in [0.25, 0.3) is 0 Å². The summed E-state index contributed by atoms with van der Waals surface area (Å²) in [5, 5.41) is 0. The maximum absolute atomic E-state index is 13.4. The SMILES string of the molecule is CN1CCOCCCCC2(CCN(C(=O)C3(C)CCCCC3)CC2)COc2ccccc2C1. The number of fused-ring (bicyclic) bond motifs is 1. The van der Waals surface area contributed by atoms with Crippen LogP contribution in [0.2, 0.25) is 0 Å². The zero-order chi connectivity index (χ0) is 23.2. The molecule has 1 aromatic rings. The number of ether oxygens (including phenoxy) is 2. The third-order valence-electron chi connectivity index (χ3n) is 8.39. The Hall–Kier alpha value is -1.59. The molecule has 3 aliphatic rings. The molecule has 1 amide bonds. The van der Waals surface area contributed by atoms with Crippen LogP contribution >= 0.6 is 0 Å². The van der Waals surface area contributed by atoms with E-state index in [4.69, 9.17) is 9.47 Å². The van der Waals surface area contributed by atoms with E-state index in [1.54, 1.807) is 0 Å². The molecular formula is C28H44N2O3. The summed E-state index contributed by atoms with van der Waals surface area (Å²) in [6.45, 7) is 8.11. The van der Waals surface area contributed by atoms with Crippen molar-refractivity contribution in [3.63, 3.8) is 0 Å². The average Bonchev–Trinajstić information content (AvgIpc) is 2.83. The second kappa shape index (κ2) is 11.2. The van der Waals surface area contributed by atoms with Crippen LogP contribution in [0, 0.1) is 10.8 Å². The lowest BCUT2D eigenvalue weighted by atomic mass is 9.72. The van der Waals surface area contributed by atoms with Crippen molar-refractivity contribution in [2.45, 2.75) is 77.7 Å². The number of nitrogens with zero attached hydrogens (tertiary/aromatic N) is 2. The Kier molecular flexibility index (Phi) is 8.34. The van der Waals surface area contributed by atoms with Crippen LogP contribution in [0.4, 0.5) is 0 Å². The molecule has 184 valence electrons. The van der Waals surface area contributed by atoms with Gasteiger partial charge >= 0.3 is 0 Å². The Morgan fingerprint density at radius 3 is 2.39 bits per heavy atom. The third-order valence-corrected chi connectivity index (χ3v) is 8.39. The van der Waals surface area contributed by atoms with E-state index >= 15 is 0 Å². The van der Waals surface area contributed by atoms with Gasteiger partial charge in [-0.25, -0.2) is 0 Å². The molecule has 5 nitrogen and oxygen atoms in total. The molecule has 0 unspecified atom stereocenters. The van der Waals surface area contributed by atoms with Crippen molar-refractivity contribution in [2.24, 2.45) is 10.8 Å². The van der Waals surface area contributed by atoms with Crippen LogP contribution in [-0.2, 0) is 16.1 Å². The molecule has 1 saturated heterocycles. The maximum Gasteiger partial charge on any atom is 0.228 e. The molecule has 2 heterocycles. The molecule has 0 radical (unpaired) electrons. The van der Waals surface area contributed by atoms with E-state index in [9.17, 15) is 4.79 Å². The van der Waals surface area contributed by atoms with Gasteiger partial charge in [-0.05, 0) is 51.6 Å². The summed E-state index contributed by atoms with van der Waals surface area (Å²) < 4.78 is 12.5. The first-order chi connectivity index (χ1) is 16.0. The number of carbonyl (C=O) groups is 1. The van der Waals surface area contributed by atoms with Crippen LogP contribution in [0.15, 0.2) is 24.3 Å². The second-order valence-corrected chi connectivity index (χ2v) is 11.1. The number of rotatable bonds is 1. The Balaban J connectivity index is 1.44. The molecule has 0 atom stereocenters. The molecule has 5 heteroatoms. The van der Waals surface area contributed by atoms with Crippen molar-refractivity contribution in [1.29, 1.82) is 0 Å². The summed E-state index contributed by atoms with van der Waals surface area (Å²) >= 11 is 0. The number of carbonyl (C=O) groups excluding carboxylic acids is 1. The molecule has 33 heavy (non-hydrogen) atoms. The second-order valence-electron chi connectivity index (χ2n) is 11.1. The van der Waals surface area contributed by atoms with E-state index < -0.39 is 0 Å². The maximum atomic E-state index is 13.4. The van der Waals surface area contributed by atoms with Gasteiger partial charge in [0.25, 0.3) is 0 Å². The first-order valence-electron chi connectivity index (χ1n) is 13.3. The summed E-state index contributed by atoms with van der Waals surface area (Å²) in [7, 11) is 2.15. The van der Waals surface area contributed by atoms with Crippen LogP contribution in [-0.4, -0.2) is 62.2 Å². The van der Waals surface area contributed by atoms with E-state index in [-0.39, 0.29) is 10.8 Å². The lowest BCUT2D eigenvalue weighted by Gasteiger charge is -2.45. The minimum absolute atomic E-state index is 0.134. The smallest absolute Gasteiger partial charge is 0.228 e. The summed E-state index contributed by atoms with van der Waals surface area (Å²) in [6, 6.07) is 8.46. The van der Waals surface area contributed by atoms with E-state index in [2.05, 4.69) is 48.0 Å². The predicted octanol–water partition coefficient (Wildman–Crippen LogP) is 5.28. The molecule has 0 N–H and O–H groups in total. The lowest BCUT2D eigenvalue weighted by Crippen LogP contribution is -2.50. The third kappa shape index (κ3) is 6.30. The zero-order valence-corrected chi connectivity index (χ0v) is 20.9. The first kappa shape index (κ1) is 24.5. The Morgan fingerprint density at radius 1 is 0.879 bits per heavy atom. The highest BCUT2D eigenvalue weighted by Crippen LogP contribution is 2.42. The van der Waals surface area contributed by atoms with Crippen molar-refractivity contribution in [1.82, 2.24) is 9.80 Å². The number of likely N-dealkylation sites (tertiary alicyclic amines) is 1. The van der Waals surface area contributed by atoms with Gasteiger partial charge in [0.05, 0.1) is 13.2 Å². The van der Waals surface area contributed by atoms with Gasteiger partial charge in [-0.2, -0.15) is 0 Å². The summed E-state index contributed by atoms with van der Waals surface area (Å²) in [6.07, 6.45) is 11.3. The fourth-order valence-corrected chi connectivity index (χ4v) is 5.98. The fraction of sp³-hybridized carbons (Fsp3) is 0.750. The standard InChI is InChI=1S/C28H44N2O3/c1-27(12-6-3-7-13-27)26(31)30-17-15-28(16-18-30)14-8-9-20-32-21-19-29(2)22-24-10-4-5-11-25(24)33-23-28/h4-5,10-11H,3,6-9,12-23H2,1-2H3. The molecule has 2 aliphatic heterocycles. The number of benzene rings is 1. The predicted molar refractivity (Wildman–Crippen MR) is 132 cm³/mol. The van der Waals surface area contributed by atoms with E-state index in [0.29, 0.717) is 5.91 Å². The highest BCUT2D eigenvalue weighted by atomic mass is 16.5. The van der Waals surface area contributed by atoms with Crippen molar-refractivity contribution in [3.05, 3.63) is 29.8 Å². The quantitative estimate of drug-likeness (QED) is 0.577. The molecular weight excluding hydrogens is 412 g/mol. The van der Waals surface area contributed by atoms with Gasteiger partial charge in [-0.15, -0.1) is 0 Å². The highest BCUT2D eigenvalue weighted by molar-refractivity contribution is 5.82. The Morgan fingerprint density at radius 2 is 1.61 bits per heavy atom. The van der Waals surface area contributed by atoms with Crippen LogP contribution in [0.1, 0.15) is 76.7 Å². The van der Waals surface area contributed by atoms with Gasteiger partial charge in [0.1, 0.15) is 5.75 Å². The van der Waals surface area contributed by atoms with E-state index in [1.165, 1.54) is 24.8 Å². The largest absolute Gasteiger partial charge is 0.493 e. The first-order valence-corrected chi connectivity index (χ1v) is 13.3. The number of amides is 1. The minimum atomic E-state index is -0.134. The monoisotopic (exact) mass is 456 g/mol. The van der Waals surface area contributed by atoms with Crippen LogP contribution < -0.4 is 4.74 Å². The van der Waals surface area contributed by atoms with Crippen molar-refractivity contribution >= 4 is 5.91 Å². The van der Waals surface area contributed by atoms with Gasteiger partial charge in [0.15, 0.2) is 0 Å². The number of para-hydroxylation sites is 1. The Bertz CT molecular complexity index is 766. The molecule has 4 rings (SSSR count). The molecule has 1 saturated carbocycles. The number of likely N-dealkylation sites (N-methyl/N-ethyl adjacent to an activating group) is 1. The molecule has 2 fully saturated rings. The van der Waals surface area contributed by atoms with Gasteiger partial charge < -0.3 is 14.4 Å². The number of hydrogen-bond acceptors (Lipinski definition) is 4. The molecule has 1 spiro atoms. The normalized spacial score (nSPS) is 25.0. The Labute approximate surface area is 200 Å². The van der Waals surface area contributed by atoms with Crippen LogP contribution in [0.5, 0.6) is 5.75 Å². The van der Waals surface area contributed by atoms with Crippen molar-refractivity contribution in [3.8, 4) is 5.75 Å². The van der Waals surface area contributed by atoms with Crippen molar-refractivity contribution in [2.75, 3.05) is 46.5 Å². The van der Waals surface area contributed by atoms with Gasteiger partial charge in [-0.3, -0.25) is 9.69 Å². The summed E-state index contributed by atoms with van der Waals surface area (Å²) in [5.41, 5.74) is 1.25. The molecule has 1 aliphatic carbocycles. The van der Waals surface area contributed by atoms with Gasteiger partial charge in [0, 0.05) is 49.2 Å². The zero-order valence-electron chi connectivity index (χ0n) is 20.9. The number of piperidine rings is 1. The van der Waals surface area contributed by atoms with Gasteiger partial charge in [-0.1, -0.05) is 50.8 Å². The van der Waals surface area contributed by atoms with E-state index in [0.717, 1.165) is 96.7 Å². The molecule has 1 aromatic carbocycles. The summed E-state index contributed by atoms with van der Waals surface area (Å²) in [4.78, 5) is 17.9. The topological polar surface area (TPSA) is 42.0 Å².